The number of nitrogens with one attached hydrogen (secondary N) is 1. The molecule has 1 amide bonds. The first-order chi connectivity index (χ1) is 14.4. The highest BCUT2D eigenvalue weighted by Crippen LogP contribution is 2.28. The van der Waals surface area contributed by atoms with Gasteiger partial charge >= 0.3 is 5.97 Å². The van der Waals surface area contributed by atoms with Crippen LogP contribution in [0.1, 0.15) is 53.4 Å². The standard InChI is InChI=1S/C22H24N2O5S/c1-13(2)15-6-4-14(5-7-15)12-29-18-9-8-16(28-3)10-17(18)20(25)24-22-23-11-19(30-22)21(26)27/h4-7,10-11,13H,8-9,12H2,1-3H3,(H,26,27)(H,23,24,25). The Balaban J connectivity index is 1.76. The molecule has 1 aliphatic carbocycles. The molecule has 1 heterocycles. The lowest BCUT2D eigenvalue weighted by atomic mass is 10.0. The highest BCUT2D eigenvalue weighted by Gasteiger charge is 2.22. The maximum Gasteiger partial charge on any atom is 0.347 e. The van der Waals surface area contributed by atoms with Gasteiger partial charge in [0.2, 0.25) is 0 Å². The summed E-state index contributed by atoms with van der Waals surface area (Å²) in [5.74, 6) is 0.205. The van der Waals surface area contributed by atoms with E-state index in [0.29, 0.717) is 42.5 Å². The fraction of sp³-hybridized carbons (Fsp3) is 0.318. The lowest BCUT2D eigenvalue weighted by Gasteiger charge is -2.20. The Labute approximate surface area is 179 Å². The van der Waals surface area contributed by atoms with E-state index in [4.69, 9.17) is 14.6 Å². The van der Waals surface area contributed by atoms with E-state index in [2.05, 4.69) is 36.3 Å². The van der Waals surface area contributed by atoms with Crippen LogP contribution in [0.25, 0.3) is 0 Å². The molecule has 0 unspecified atom stereocenters. The van der Waals surface area contributed by atoms with Gasteiger partial charge in [0.05, 0.1) is 24.6 Å². The van der Waals surface area contributed by atoms with Gasteiger partial charge < -0.3 is 14.6 Å². The maximum absolute atomic E-state index is 12.8. The van der Waals surface area contributed by atoms with Crippen LogP contribution in [-0.4, -0.2) is 29.1 Å². The molecule has 0 radical (unpaired) electrons. The van der Waals surface area contributed by atoms with Crippen molar-refractivity contribution < 1.29 is 24.2 Å². The van der Waals surface area contributed by atoms with Gasteiger partial charge in [0.15, 0.2) is 5.13 Å². The monoisotopic (exact) mass is 428 g/mol. The molecule has 2 N–H and O–H groups in total. The smallest absolute Gasteiger partial charge is 0.347 e. The Kier molecular flexibility index (Phi) is 6.89. The van der Waals surface area contributed by atoms with Crippen molar-refractivity contribution in [3.05, 3.63) is 69.6 Å². The van der Waals surface area contributed by atoms with Crippen LogP contribution in [0.3, 0.4) is 0 Å². The van der Waals surface area contributed by atoms with E-state index in [9.17, 15) is 9.59 Å². The van der Waals surface area contributed by atoms with E-state index < -0.39 is 11.9 Å². The molecule has 0 aliphatic heterocycles. The molecule has 2 aromatic rings. The van der Waals surface area contributed by atoms with Crippen molar-refractivity contribution >= 4 is 28.3 Å². The van der Waals surface area contributed by atoms with Crippen molar-refractivity contribution in [2.24, 2.45) is 0 Å². The minimum atomic E-state index is -1.08. The molecule has 0 saturated heterocycles. The lowest BCUT2D eigenvalue weighted by Crippen LogP contribution is -2.18. The van der Waals surface area contributed by atoms with Crippen molar-refractivity contribution in [1.82, 2.24) is 4.98 Å². The number of anilines is 1. The third-order valence-corrected chi connectivity index (χ3v) is 5.61. The van der Waals surface area contributed by atoms with E-state index in [1.807, 2.05) is 12.1 Å². The van der Waals surface area contributed by atoms with Crippen molar-refractivity contribution in [1.29, 1.82) is 0 Å². The van der Waals surface area contributed by atoms with Crippen LogP contribution in [0.5, 0.6) is 0 Å². The first-order valence-corrected chi connectivity index (χ1v) is 10.4. The largest absolute Gasteiger partial charge is 0.501 e. The summed E-state index contributed by atoms with van der Waals surface area (Å²) in [5.41, 5.74) is 2.62. The fourth-order valence-corrected chi connectivity index (χ4v) is 3.60. The van der Waals surface area contributed by atoms with E-state index in [0.717, 1.165) is 16.9 Å². The van der Waals surface area contributed by atoms with Crippen LogP contribution < -0.4 is 5.32 Å². The van der Waals surface area contributed by atoms with Crippen LogP contribution in [0.15, 0.2) is 53.6 Å². The molecule has 1 aromatic heterocycles. The summed E-state index contributed by atoms with van der Waals surface area (Å²) >= 11 is 0.897. The van der Waals surface area contributed by atoms with E-state index >= 15 is 0 Å². The second-order valence-electron chi connectivity index (χ2n) is 7.13. The number of methoxy groups -OCH3 is 1. The minimum Gasteiger partial charge on any atom is -0.501 e. The number of benzene rings is 1. The number of hydrogen-bond acceptors (Lipinski definition) is 6. The highest BCUT2D eigenvalue weighted by atomic mass is 32.1. The number of carbonyl (C=O) groups is 2. The molecule has 8 heteroatoms. The van der Waals surface area contributed by atoms with Gasteiger partial charge in [-0.25, -0.2) is 9.78 Å². The van der Waals surface area contributed by atoms with E-state index in [1.54, 1.807) is 13.2 Å². The summed E-state index contributed by atoms with van der Waals surface area (Å²) in [6.07, 6.45) is 4.04. The Morgan fingerprint density at radius 2 is 1.97 bits per heavy atom. The Morgan fingerprint density at radius 3 is 2.57 bits per heavy atom. The predicted octanol–water partition coefficient (Wildman–Crippen LogP) is 4.70. The summed E-state index contributed by atoms with van der Waals surface area (Å²) in [6, 6.07) is 8.21. The van der Waals surface area contributed by atoms with Gasteiger partial charge in [0.1, 0.15) is 17.2 Å². The van der Waals surface area contributed by atoms with E-state index in [-0.39, 0.29) is 10.0 Å². The van der Waals surface area contributed by atoms with Crippen molar-refractivity contribution in [3.8, 4) is 0 Å². The topological polar surface area (TPSA) is 97.8 Å². The molecular formula is C22H24N2O5S. The number of hydrogen-bond donors (Lipinski definition) is 2. The zero-order chi connectivity index (χ0) is 21.7. The Hall–Kier alpha value is -3.13. The van der Waals surface area contributed by atoms with Crippen molar-refractivity contribution in [2.45, 2.75) is 39.2 Å². The predicted molar refractivity (Wildman–Crippen MR) is 114 cm³/mol. The number of nitrogens with zero attached hydrogens (tertiary/aromatic N) is 1. The van der Waals surface area contributed by atoms with Crippen LogP contribution >= 0.6 is 11.3 Å². The number of amides is 1. The first kappa shape index (κ1) is 21.6. The molecular weight excluding hydrogens is 404 g/mol. The fourth-order valence-electron chi connectivity index (χ4n) is 2.95. The number of aromatic carboxylic acids is 1. The van der Waals surface area contributed by atoms with Gasteiger partial charge in [0.25, 0.3) is 5.91 Å². The second kappa shape index (κ2) is 9.58. The van der Waals surface area contributed by atoms with E-state index in [1.165, 1.54) is 11.8 Å². The molecule has 3 rings (SSSR count). The number of rotatable bonds is 8. The number of allylic oxidation sites excluding steroid dienone is 2. The van der Waals surface area contributed by atoms with Crippen molar-refractivity contribution in [3.63, 3.8) is 0 Å². The number of carbonyl (C=O) groups excluding carboxylic acids is 1. The van der Waals surface area contributed by atoms with Crippen LogP contribution in [0.4, 0.5) is 5.13 Å². The molecule has 30 heavy (non-hydrogen) atoms. The maximum atomic E-state index is 12.8. The van der Waals surface area contributed by atoms with Crippen LogP contribution in [0.2, 0.25) is 0 Å². The molecule has 7 nitrogen and oxygen atoms in total. The number of carboxylic acid groups (broad SMARTS) is 1. The number of aromatic nitrogens is 1. The summed E-state index contributed by atoms with van der Waals surface area (Å²) in [4.78, 5) is 27.8. The number of carboxylic acids is 1. The molecule has 1 aliphatic rings. The summed E-state index contributed by atoms with van der Waals surface area (Å²) < 4.78 is 11.3. The van der Waals surface area contributed by atoms with Gasteiger partial charge in [-0.05, 0) is 23.1 Å². The number of ether oxygens (including phenoxy) is 2. The molecule has 0 spiro atoms. The molecule has 158 valence electrons. The zero-order valence-electron chi connectivity index (χ0n) is 17.1. The second-order valence-corrected chi connectivity index (χ2v) is 8.16. The number of thiazole rings is 1. The minimum absolute atomic E-state index is 0.0531. The van der Waals surface area contributed by atoms with Crippen LogP contribution in [-0.2, 0) is 20.9 Å². The van der Waals surface area contributed by atoms with Gasteiger partial charge in [-0.15, -0.1) is 0 Å². The Bertz CT molecular complexity index is 989. The quantitative estimate of drug-likeness (QED) is 0.633. The SMILES string of the molecule is COC1=CC(C(=O)Nc2ncc(C(=O)O)s2)=C(OCc2ccc(C(C)C)cc2)CC1. The molecule has 0 bridgehead atoms. The average Bonchev–Trinajstić information content (AvgIpc) is 3.21. The third-order valence-electron chi connectivity index (χ3n) is 4.71. The summed E-state index contributed by atoms with van der Waals surface area (Å²) in [6.45, 7) is 4.64. The molecule has 1 aromatic carbocycles. The van der Waals surface area contributed by atoms with Crippen LogP contribution in [0, 0.1) is 0 Å². The lowest BCUT2D eigenvalue weighted by molar-refractivity contribution is -0.112. The first-order valence-electron chi connectivity index (χ1n) is 9.57. The summed E-state index contributed by atoms with van der Waals surface area (Å²) in [5, 5.41) is 11.9. The van der Waals surface area contributed by atoms with Crippen molar-refractivity contribution in [2.75, 3.05) is 12.4 Å². The van der Waals surface area contributed by atoms with Gasteiger partial charge in [-0.1, -0.05) is 49.4 Å². The normalized spacial score (nSPS) is 13.8. The molecule has 0 fully saturated rings. The average molecular weight is 429 g/mol. The Morgan fingerprint density at radius 1 is 1.23 bits per heavy atom. The van der Waals surface area contributed by atoms with Gasteiger partial charge in [-0.2, -0.15) is 0 Å². The van der Waals surface area contributed by atoms with Gasteiger partial charge in [0, 0.05) is 12.8 Å². The summed E-state index contributed by atoms with van der Waals surface area (Å²) in [7, 11) is 1.56. The highest BCUT2D eigenvalue weighted by molar-refractivity contribution is 7.17. The third kappa shape index (κ3) is 5.27. The zero-order valence-corrected chi connectivity index (χ0v) is 17.9. The molecule has 0 saturated carbocycles. The molecule has 0 atom stereocenters. The van der Waals surface area contributed by atoms with Gasteiger partial charge in [-0.3, -0.25) is 10.1 Å².